The van der Waals surface area contributed by atoms with Gasteiger partial charge in [0.25, 0.3) is 0 Å². The molecular weight excluding hydrogens is 194 g/mol. The van der Waals surface area contributed by atoms with Crippen LogP contribution in [-0.2, 0) is 6.54 Å². The zero-order valence-corrected chi connectivity index (χ0v) is 9.02. The van der Waals surface area contributed by atoms with Crippen molar-refractivity contribution >= 4 is 0 Å². The summed E-state index contributed by atoms with van der Waals surface area (Å²) in [6.45, 7) is 1.31. The largest absolute Gasteiger partial charge is 0.389 e. The molecule has 2 rings (SSSR count). The van der Waals surface area contributed by atoms with Crippen LogP contribution in [0.3, 0.4) is 0 Å². The molecule has 0 aromatic carbocycles. The zero-order valence-electron chi connectivity index (χ0n) is 9.02. The predicted octanol–water partition coefficient (Wildman–Crippen LogP) is 0.806. The Morgan fingerprint density at radius 3 is 2.87 bits per heavy atom. The monoisotopic (exact) mass is 211 g/mol. The van der Waals surface area contributed by atoms with Crippen LogP contribution in [0.1, 0.15) is 31.5 Å². The highest BCUT2D eigenvalue weighted by Crippen LogP contribution is 2.29. The summed E-state index contributed by atoms with van der Waals surface area (Å²) < 4.78 is 4.66. The molecule has 0 amide bonds. The molecule has 1 aromatic heterocycles. The Hall–Kier alpha value is -0.940. The summed E-state index contributed by atoms with van der Waals surface area (Å²) in [6.07, 6.45) is 5.40. The van der Waals surface area contributed by atoms with Crippen molar-refractivity contribution in [1.29, 1.82) is 0 Å². The van der Waals surface area contributed by atoms with Crippen LogP contribution in [0.2, 0.25) is 0 Å². The van der Waals surface area contributed by atoms with Crippen molar-refractivity contribution < 1.29 is 9.63 Å². The summed E-state index contributed by atoms with van der Waals surface area (Å²) in [7, 11) is 1.96. The van der Waals surface area contributed by atoms with Crippen molar-refractivity contribution in [3.05, 3.63) is 12.2 Å². The van der Waals surface area contributed by atoms with E-state index in [9.17, 15) is 5.11 Å². The third-order valence-corrected chi connectivity index (χ3v) is 2.92. The van der Waals surface area contributed by atoms with E-state index in [1.54, 1.807) is 0 Å². The molecule has 1 aromatic rings. The first-order valence-corrected chi connectivity index (χ1v) is 5.34. The summed E-state index contributed by atoms with van der Waals surface area (Å²) in [5.41, 5.74) is -0.502. The van der Waals surface area contributed by atoms with E-state index in [2.05, 4.69) is 14.7 Å². The van der Waals surface area contributed by atoms with E-state index in [0.29, 0.717) is 18.9 Å². The van der Waals surface area contributed by atoms with Gasteiger partial charge in [-0.2, -0.15) is 4.98 Å². The zero-order chi connectivity index (χ0) is 10.7. The molecule has 0 saturated heterocycles. The van der Waals surface area contributed by atoms with Gasteiger partial charge in [0.1, 0.15) is 0 Å². The minimum atomic E-state index is -0.502. The van der Waals surface area contributed by atoms with Crippen molar-refractivity contribution in [2.75, 3.05) is 13.6 Å². The third kappa shape index (κ3) is 2.76. The molecule has 1 heterocycles. The van der Waals surface area contributed by atoms with E-state index in [1.165, 1.54) is 6.39 Å². The van der Waals surface area contributed by atoms with Crippen molar-refractivity contribution in [2.24, 2.45) is 0 Å². The number of hydrogen-bond donors (Lipinski definition) is 1. The number of aromatic nitrogens is 2. The second-order valence-corrected chi connectivity index (χ2v) is 4.45. The van der Waals surface area contributed by atoms with E-state index in [0.717, 1.165) is 25.7 Å². The van der Waals surface area contributed by atoms with Crippen LogP contribution in [0.5, 0.6) is 0 Å². The predicted molar refractivity (Wildman–Crippen MR) is 54.0 cm³/mol. The van der Waals surface area contributed by atoms with Gasteiger partial charge in [-0.15, -0.1) is 0 Å². The first-order chi connectivity index (χ1) is 7.18. The Bertz CT molecular complexity index is 294. The molecule has 5 heteroatoms. The SMILES string of the molecule is CN(Cc1ncon1)CC1(O)CCCC1. The van der Waals surface area contributed by atoms with Crippen LogP contribution < -0.4 is 0 Å². The van der Waals surface area contributed by atoms with Crippen LogP contribution in [0.4, 0.5) is 0 Å². The second-order valence-electron chi connectivity index (χ2n) is 4.45. The Morgan fingerprint density at radius 2 is 2.27 bits per heavy atom. The van der Waals surface area contributed by atoms with Crippen LogP contribution in [0, 0.1) is 0 Å². The van der Waals surface area contributed by atoms with E-state index < -0.39 is 5.60 Å². The summed E-state index contributed by atoms with van der Waals surface area (Å²) in [5, 5.41) is 13.9. The normalized spacial score (nSPS) is 19.9. The third-order valence-electron chi connectivity index (χ3n) is 2.92. The lowest BCUT2D eigenvalue weighted by molar-refractivity contribution is 0.0138. The van der Waals surface area contributed by atoms with Gasteiger partial charge in [0.2, 0.25) is 6.39 Å². The fourth-order valence-corrected chi connectivity index (χ4v) is 2.25. The highest BCUT2D eigenvalue weighted by Gasteiger charge is 2.32. The fourth-order valence-electron chi connectivity index (χ4n) is 2.25. The summed E-state index contributed by atoms with van der Waals surface area (Å²) >= 11 is 0. The molecule has 1 saturated carbocycles. The summed E-state index contributed by atoms with van der Waals surface area (Å²) in [5.74, 6) is 0.666. The lowest BCUT2D eigenvalue weighted by Crippen LogP contribution is -2.38. The van der Waals surface area contributed by atoms with E-state index in [4.69, 9.17) is 0 Å². The highest BCUT2D eigenvalue weighted by atomic mass is 16.5. The molecule has 0 aliphatic heterocycles. The van der Waals surface area contributed by atoms with Crippen LogP contribution in [0.15, 0.2) is 10.9 Å². The molecule has 1 N–H and O–H groups in total. The van der Waals surface area contributed by atoms with Gasteiger partial charge in [0.05, 0.1) is 12.1 Å². The molecule has 84 valence electrons. The Balaban J connectivity index is 1.84. The summed E-state index contributed by atoms with van der Waals surface area (Å²) in [6, 6.07) is 0. The van der Waals surface area contributed by atoms with Crippen molar-refractivity contribution in [3.63, 3.8) is 0 Å². The fraction of sp³-hybridized carbons (Fsp3) is 0.800. The number of nitrogens with zero attached hydrogens (tertiary/aromatic N) is 3. The number of rotatable bonds is 4. The van der Waals surface area contributed by atoms with Crippen LogP contribution >= 0.6 is 0 Å². The Labute approximate surface area is 89.1 Å². The first kappa shape index (κ1) is 10.6. The first-order valence-electron chi connectivity index (χ1n) is 5.34. The minimum absolute atomic E-state index is 0.502. The van der Waals surface area contributed by atoms with Gasteiger partial charge in [-0.05, 0) is 19.9 Å². The molecule has 1 fully saturated rings. The average molecular weight is 211 g/mol. The van der Waals surface area contributed by atoms with Gasteiger partial charge in [-0.1, -0.05) is 18.0 Å². The molecule has 0 atom stereocenters. The molecule has 1 aliphatic carbocycles. The number of likely N-dealkylation sites (N-methyl/N-ethyl adjacent to an activating group) is 1. The van der Waals surface area contributed by atoms with Crippen molar-refractivity contribution in [1.82, 2.24) is 15.0 Å². The minimum Gasteiger partial charge on any atom is -0.389 e. The van der Waals surface area contributed by atoms with Gasteiger partial charge < -0.3 is 9.63 Å². The van der Waals surface area contributed by atoms with Gasteiger partial charge in [-0.25, -0.2) is 0 Å². The van der Waals surface area contributed by atoms with Crippen molar-refractivity contribution in [2.45, 2.75) is 37.8 Å². The number of hydrogen-bond acceptors (Lipinski definition) is 5. The van der Waals surface area contributed by atoms with Gasteiger partial charge in [0, 0.05) is 6.54 Å². The maximum atomic E-state index is 10.2. The molecular formula is C10H17N3O2. The molecule has 1 aliphatic rings. The second kappa shape index (κ2) is 4.28. The molecule has 0 unspecified atom stereocenters. The Morgan fingerprint density at radius 1 is 1.53 bits per heavy atom. The molecule has 5 nitrogen and oxygen atoms in total. The van der Waals surface area contributed by atoms with Crippen LogP contribution in [-0.4, -0.2) is 39.3 Å². The molecule has 0 bridgehead atoms. The summed E-state index contributed by atoms with van der Waals surface area (Å²) in [4.78, 5) is 5.99. The smallest absolute Gasteiger partial charge is 0.213 e. The molecule has 0 spiro atoms. The molecule has 0 radical (unpaired) electrons. The van der Waals surface area contributed by atoms with Crippen molar-refractivity contribution in [3.8, 4) is 0 Å². The molecule has 15 heavy (non-hydrogen) atoms. The maximum absolute atomic E-state index is 10.2. The Kier molecular flexibility index (Phi) is 3.02. The quantitative estimate of drug-likeness (QED) is 0.798. The lowest BCUT2D eigenvalue weighted by Gasteiger charge is -2.27. The van der Waals surface area contributed by atoms with Gasteiger partial charge in [-0.3, -0.25) is 4.90 Å². The van der Waals surface area contributed by atoms with Gasteiger partial charge in [0.15, 0.2) is 5.82 Å². The standard InChI is InChI=1S/C10H17N3O2/c1-13(6-9-11-8-15-12-9)7-10(14)4-2-3-5-10/h8,14H,2-7H2,1H3. The van der Waals surface area contributed by atoms with E-state index in [1.807, 2.05) is 11.9 Å². The van der Waals surface area contributed by atoms with Crippen LogP contribution in [0.25, 0.3) is 0 Å². The van der Waals surface area contributed by atoms with E-state index >= 15 is 0 Å². The average Bonchev–Trinajstić information content (AvgIpc) is 2.76. The lowest BCUT2D eigenvalue weighted by atomic mass is 10.0. The number of aliphatic hydroxyl groups is 1. The van der Waals surface area contributed by atoms with E-state index in [-0.39, 0.29) is 0 Å². The maximum Gasteiger partial charge on any atom is 0.213 e. The van der Waals surface area contributed by atoms with Gasteiger partial charge >= 0.3 is 0 Å². The highest BCUT2D eigenvalue weighted by molar-refractivity contribution is 4.88. The topological polar surface area (TPSA) is 62.4 Å².